The summed E-state index contributed by atoms with van der Waals surface area (Å²) in [5.41, 5.74) is 0. The highest BCUT2D eigenvalue weighted by Gasteiger charge is 2.11. The van der Waals surface area contributed by atoms with Crippen LogP contribution in [0.15, 0.2) is 6.20 Å². The van der Waals surface area contributed by atoms with Crippen molar-refractivity contribution in [2.45, 2.75) is 13.1 Å². The van der Waals surface area contributed by atoms with Crippen LogP contribution in [-0.2, 0) is 13.1 Å². The summed E-state index contributed by atoms with van der Waals surface area (Å²) in [7, 11) is 2.11. The molecule has 3 nitrogen and oxygen atoms in total. The maximum absolute atomic E-state index is 4.10. The number of imidazole rings is 1. The van der Waals surface area contributed by atoms with Crippen molar-refractivity contribution < 1.29 is 0 Å². The summed E-state index contributed by atoms with van der Waals surface area (Å²) in [6.07, 6.45) is 4.77. The van der Waals surface area contributed by atoms with Crippen LogP contribution in [0.5, 0.6) is 0 Å². The lowest BCUT2D eigenvalue weighted by Crippen LogP contribution is -2.30. The van der Waals surface area contributed by atoms with Gasteiger partial charge in [-0.05, 0) is 7.05 Å². The highest BCUT2D eigenvalue weighted by molar-refractivity contribution is 4.93. The van der Waals surface area contributed by atoms with Gasteiger partial charge in [-0.2, -0.15) is 0 Å². The van der Waals surface area contributed by atoms with Gasteiger partial charge in [0.1, 0.15) is 12.0 Å². The molecule has 3 heteroatoms. The fourth-order valence-corrected chi connectivity index (χ4v) is 1.23. The number of likely N-dealkylation sites (N-methyl/N-ethyl adjacent to an activating group) is 1. The zero-order valence-electron chi connectivity index (χ0n) is 6.04. The summed E-state index contributed by atoms with van der Waals surface area (Å²) in [5.74, 6) is 1.13. The molecule has 0 N–H and O–H groups in total. The van der Waals surface area contributed by atoms with Crippen LogP contribution in [0.1, 0.15) is 5.82 Å². The molecule has 0 spiro atoms. The van der Waals surface area contributed by atoms with Gasteiger partial charge in [-0.25, -0.2) is 4.98 Å². The van der Waals surface area contributed by atoms with Crippen LogP contribution in [0, 0.1) is 6.20 Å². The van der Waals surface area contributed by atoms with Gasteiger partial charge in [0.05, 0.1) is 6.54 Å². The smallest absolute Gasteiger partial charge is 0.123 e. The second-order valence-corrected chi connectivity index (χ2v) is 2.72. The van der Waals surface area contributed by atoms with Crippen LogP contribution in [0.25, 0.3) is 0 Å². The third-order valence-corrected chi connectivity index (χ3v) is 1.87. The van der Waals surface area contributed by atoms with E-state index in [-0.39, 0.29) is 0 Å². The Morgan fingerprint density at radius 3 is 3.40 bits per heavy atom. The van der Waals surface area contributed by atoms with Crippen molar-refractivity contribution in [1.82, 2.24) is 14.5 Å². The first kappa shape index (κ1) is 5.92. The SMILES string of the molecule is CN1CCn2c[c]nc2C1. The standard InChI is InChI=1S/C7H10N3/c1-9-4-5-10-3-2-8-7(10)6-9/h3H,4-6H2,1H3. The van der Waals surface area contributed by atoms with Gasteiger partial charge in [0.25, 0.3) is 0 Å². The Morgan fingerprint density at radius 2 is 2.50 bits per heavy atom. The molecule has 0 bridgehead atoms. The van der Waals surface area contributed by atoms with E-state index in [1.807, 2.05) is 6.20 Å². The van der Waals surface area contributed by atoms with Crippen molar-refractivity contribution in [3.05, 3.63) is 18.2 Å². The van der Waals surface area contributed by atoms with Crippen molar-refractivity contribution in [3.63, 3.8) is 0 Å². The van der Waals surface area contributed by atoms with E-state index < -0.39 is 0 Å². The zero-order valence-corrected chi connectivity index (χ0v) is 6.04. The molecule has 2 rings (SSSR count). The second-order valence-electron chi connectivity index (χ2n) is 2.72. The highest BCUT2D eigenvalue weighted by Crippen LogP contribution is 2.06. The Morgan fingerprint density at radius 1 is 1.60 bits per heavy atom. The molecule has 2 heterocycles. The van der Waals surface area contributed by atoms with E-state index in [0.29, 0.717) is 0 Å². The number of hydrogen-bond donors (Lipinski definition) is 0. The lowest BCUT2D eigenvalue weighted by Gasteiger charge is -2.22. The molecular formula is C7H10N3. The Balaban J connectivity index is 2.30. The molecule has 0 saturated heterocycles. The van der Waals surface area contributed by atoms with Gasteiger partial charge in [-0.1, -0.05) is 0 Å². The summed E-state index contributed by atoms with van der Waals surface area (Å²) in [5, 5.41) is 0. The Bertz CT molecular complexity index is 229. The van der Waals surface area contributed by atoms with Gasteiger partial charge in [-0.15, -0.1) is 0 Å². The third kappa shape index (κ3) is 0.827. The zero-order chi connectivity index (χ0) is 6.97. The first-order valence-corrected chi connectivity index (χ1v) is 3.47. The van der Waals surface area contributed by atoms with Gasteiger partial charge >= 0.3 is 0 Å². The predicted molar refractivity (Wildman–Crippen MR) is 37.4 cm³/mol. The first-order chi connectivity index (χ1) is 4.86. The Labute approximate surface area is 60.3 Å². The average Bonchev–Trinajstić information content (AvgIpc) is 2.33. The maximum atomic E-state index is 4.10. The van der Waals surface area contributed by atoms with Gasteiger partial charge in [0, 0.05) is 19.3 Å². The van der Waals surface area contributed by atoms with E-state index in [4.69, 9.17) is 0 Å². The number of rotatable bonds is 0. The fourth-order valence-electron chi connectivity index (χ4n) is 1.23. The number of hydrogen-bond acceptors (Lipinski definition) is 2. The van der Waals surface area contributed by atoms with Crippen LogP contribution in [0.2, 0.25) is 0 Å². The summed E-state index contributed by atoms with van der Waals surface area (Å²) < 4.78 is 2.15. The molecular weight excluding hydrogens is 126 g/mol. The van der Waals surface area contributed by atoms with Crippen LogP contribution >= 0.6 is 0 Å². The molecule has 1 aliphatic heterocycles. The molecule has 0 fully saturated rings. The van der Waals surface area contributed by atoms with Crippen molar-refractivity contribution in [2.75, 3.05) is 13.6 Å². The van der Waals surface area contributed by atoms with E-state index in [2.05, 4.69) is 27.7 Å². The number of aromatic nitrogens is 2. The highest BCUT2D eigenvalue weighted by atomic mass is 15.2. The van der Waals surface area contributed by atoms with Gasteiger partial charge in [-0.3, -0.25) is 4.90 Å². The van der Waals surface area contributed by atoms with E-state index >= 15 is 0 Å². The average molecular weight is 136 g/mol. The van der Waals surface area contributed by atoms with Crippen molar-refractivity contribution in [2.24, 2.45) is 0 Å². The van der Waals surface area contributed by atoms with Gasteiger partial charge < -0.3 is 4.57 Å². The number of fused-ring (bicyclic) bond motifs is 1. The third-order valence-electron chi connectivity index (χ3n) is 1.87. The molecule has 1 aliphatic rings. The molecule has 1 aromatic rings. The lowest BCUT2D eigenvalue weighted by molar-refractivity contribution is 0.264. The summed E-state index contributed by atoms with van der Waals surface area (Å²) in [4.78, 5) is 6.36. The fraction of sp³-hybridized carbons (Fsp3) is 0.571. The predicted octanol–water partition coefficient (Wildman–Crippen LogP) is 0.129. The van der Waals surface area contributed by atoms with Crippen LogP contribution in [0.4, 0.5) is 0 Å². The largest absolute Gasteiger partial charge is 0.332 e. The van der Waals surface area contributed by atoms with Crippen LogP contribution < -0.4 is 0 Å². The molecule has 0 saturated carbocycles. The van der Waals surface area contributed by atoms with Gasteiger partial charge in [0.15, 0.2) is 0 Å². The molecule has 0 amide bonds. The molecule has 0 aromatic carbocycles. The minimum atomic E-state index is 0.962. The number of nitrogens with zero attached hydrogens (tertiary/aromatic N) is 3. The minimum Gasteiger partial charge on any atom is -0.332 e. The minimum absolute atomic E-state index is 0.962. The van der Waals surface area contributed by atoms with Crippen molar-refractivity contribution in [1.29, 1.82) is 0 Å². The van der Waals surface area contributed by atoms with E-state index in [0.717, 1.165) is 25.5 Å². The quantitative estimate of drug-likeness (QED) is 0.505. The lowest BCUT2D eigenvalue weighted by atomic mass is 10.4. The molecule has 1 radical (unpaired) electrons. The second kappa shape index (κ2) is 2.09. The Hall–Kier alpha value is -0.830. The van der Waals surface area contributed by atoms with E-state index in [9.17, 15) is 0 Å². The van der Waals surface area contributed by atoms with Crippen molar-refractivity contribution in [3.8, 4) is 0 Å². The molecule has 0 atom stereocenters. The molecule has 1 aromatic heterocycles. The Kier molecular flexibility index (Phi) is 1.24. The summed E-state index contributed by atoms with van der Waals surface area (Å²) in [6, 6.07) is 0. The monoisotopic (exact) mass is 136 g/mol. The molecule has 10 heavy (non-hydrogen) atoms. The summed E-state index contributed by atoms with van der Waals surface area (Å²) >= 11 is 0. The van der Waals surface area contributed by atoms with E-state index in [1.165, 1.54) is 0 Å². The van der Waals surface area contributed by atoms with Crippen LogP contribution in [-0.4, -0.2) is 28.0 Å². The van der Waals surface area contributed by atoms with E-state index in [1.54, 1.807) is 0 Å². The first-order valence-electron chi connectivity index (χ1n) is 3.47. The van der Waals surface area contributed by atoms with Crippen molar-refractivity contribution >= 4 is 0 Å². The maximum Gasteiger partial charge on any atom is 0.123 e. The topological polar surface area (TPSA) is 21.1 Å². The van der Waals surface area contributed by atoms with Crippen LogP contribution in [0.3, 0.4) is 0 Å². The molecule has 53 valence electrons. The molecule has 0 unspecified atom stereocenters. The summed E-state index contributed by atoms with van der Waals surface area (Å²) in [6.45, 7) is 3.14. The normalized spacial score (nSPS) is 18.9. The van der Waals surface area contributed by atoms with Gasteiger partial charge in [0.2, 0.25) is 0 Å². The molecule has 0 aliphatic carbocycles.